The third kappa shape index (κ3) is 2.60. The van der Waals surface area contributed by atoms with Gasteiger partial charge < -0.3 is 0 Å². The predicted octanol–water partition coefficient (Wildman–Crippen LogP) is 6.47. The van der Waals surface area contributed by atoms with Gasteiger partial charge in [0.25, 0.3) is 0 Å². The van der Waals surface area contributed by atoms with Crippen LogP contribution in [0.5, 0.6) is 0 Å². The summed E-state index contributed by atoms with van der Waals surface area (Å²) in [5.41, 5.74) is 3.03. The summed E-state index contributed by atoms with van der Waals surface area (Å²) in [5, 5.41) is 0.826. The van der Waals surface area contributed by atoms with Crippen LogP contribution in [0.2, 0.25) is 0 Å². The second-order valence-electron chi connectivity index (χ2n) is 9.24. The lowest BCUT2D eigenvalue weighted by atomic mass is 9.52. The molecule has 1 spiro atoms. The number of hydrogen-bond acceptors (Lipinski definition) is 1. The van der Waals surface area contributed by atoms with Crippen LogP contribution in [0.4, 0.5) is 0 Å². The van der Waals surface area contributed by atoms with Crippen LogP contribution in [0.25, 0.3) is 0 Å². The molecule has 1 heteroatoms. The fraction of sp³-hybridized carbons (Fsp3) is 0.636. The van der Waals surface area contributed by atoms with E-state index in [1.165, 1.54) is 43.4 Å². The van der Waals surface area contributed by atoms with Gasteiger partial charge in [0.1, 0.15) is 0 Å². The summed E-state index contributed by atoms with van der Waals surface area (Å²) in [6.07, 6.45) is 12.1. The zero-order chi connectivity index (χ0) is 16.1. The molecular formula is C22H30S. The molecule has 2 fully saturated rings. The molecule has 4 atom stereocenters. The monoisotopic (exact) mass is 326 g/mol. The van der Waals surface area contributed by atoms with Crippen molar-refractivity contribution in [1.29, 1.82) is 0 Å². The number of allylic oxidation sites excluding steroid dienone is 2. The first-order valence-corrected chi connectivity index (χ1v) is 10.3. The summed E-state index contributed by atoms with van der Waals surface area (Å²) in [7, 11) is 0. The fourth-order valence-electron chi connectivity index (χ4n) is 6.10. The van der Waals surface area contributed by atoms with Gasteiger partial charge >= 0.3 is 0 Å². The molecule has 0 saturated heterocycles. The van der Waals surface area contributed by atoms with Gasteiger partial charge in [0.05, 0.1) is 0 Å². The van der Waals surface area contributed by atoms with E-state index in [4.69, 9.17) is 0 Å². The van der Waals surface area contributed by atoms with Crippen LogP contribution in [0.3, 0.4) is 0 Å². The second-order valence-corrected chi connectivity index (χ2v) is 10.4. The van der Waals surface area contributed by atoms with Gasteiger partial charge in [0.15, 0.2) is 0 Å². The highest BCUT2D eigenvalue weighted by molar-refractivity contribution is 7.99. The maximum absolute atomic E-state index is 2.55. The molecule has 2 saturated carbocycles. The van der Waals surface area contributed by atoms with Crippen molar-refractivity contribution in [2.24, 2.45) is 22.2 Å². The van der Waals surface area contributed by atoms with E-state index < -0.39 is 0 Å². The first-order valence-electron chi connectivity index (χ1n) is 9.27. The molecule has 3 aliphatic rings. The number of hydrogen-bond donors (Lipinski definition) is 0. The van der Waals surface area contributed by atoms with Crippen molar-refractivity contribution in [2.75, 3.05) is 0 Å². The van der Waals surface area contributed by atoms with Crippen molar-refractivity contribution >= 4 is 11.8 Å². The number of fused-ring (bicyclic) bond motifs is 1. The van der Waals surface area contributed by atoms with Crippen molar-refractivity contribution in [2.45, 2.75) is 63.9 Å². The molecule has 2 bridgehead atoms. The molecule has 124 valence electrons. The smallest absolute Gasteiger partial charge is 0.0187 e. The number of benzene rings is 1. The van der Waals surface area contributed by atoms with E-state index in [1.807, 2.05) is 0 Å². The van der Waals surface area contributed by atoms with Crippen LogP contribution in [0, 0.1) is 22.2 Å². The Hall–Kier alpha value is -0.690. The largest absolute Gasteiger partial charge is 0.153 e. The lowest BCUT2D eigenvalue weighted by Crippen LogP contribution is -2.46. The van der Waals surface area contributed by atoms with Crippen LogP contribution in [0.1, 0.15) is 58.4 Å². The van der Waals surface area contributed by atoms with Gasteiger partial charge in [0, 0.05) is 11.0 Å². The molecule has 0 N–H and O–H groups in total. The van der Waals surface area contributed by atoms with Crippen molar-refractivity contribution in [3.05, 3.63) is 48.0 Å². The Morgan fingerprint density at radius 2 is 1.91 bits per heavy atom. The molecule has 0 amide bonds. The van der Waals surface area contributed by atoms with Gasteiger partial charge in [-0.25, -0.2) is 0 Å². The standard InChI is InChI=1S/C22H30S/c1-20(2)14-19(23-15-17-8-5-4-6-9-17)22-12-7-11-21(3,16-22)13-10-18(20)22/h4-9,11,18-19H,10,12-16H2,1-3H3/t18-,19-,21+,22-/m0/s1. The van der Waals surface area contributed by atoms with E-state index in [0.29, 0.717) is 16.2 Å². The average molecular weight is 327 g/mol. The molecule has 0 unspecified atom stereocenters. The SMILES string of the molecule is CC1(C)C[C@H](SCc2ccccc2)[C@]23CC=C[C@](C)(CC[C@@H]12)C3. The van der Waals surface area contributed by atoms with Crippen molar-refractivity contribution in [1.82, 2.24) is 0 Å². The molecule has 0 aliphatic heterocycles. The maximum Gasteiger partial charge on any atom is 0.0187 e. The highest BCUT2D eigenvalue weighted by Crippen LogP contribution is 2.69. The predicted molar refractivity (Wildman–Crippen MR) is 102 cm³/mol. The number of rotatable bonds is 3. The highest BCUT2D eigenvalue weighted by Gasteiger charge is 2.61. The van der Waals surface area contributed by atoms with E-state index in [-0.39, 0.29) is 0 Å². The molecule has 1 aromatic carbocycles. The van der Waals surface area contributed by atoms with E-state index in [1.54, 1.807) is 0 Å². The average Bonchev–Trinajstić information content (AvgIpc) is 2.71. The quantitative estimate of drug-likeness (QED) is 0.573. The Kier molecular flexibility index (Phi) is 3.72. The van der Waals surface area contributed by atoms with Gasteiger partial charge in [-0.05, 0) is 59.8 Å². The Balaban J connectivity index is 1.60. The molecule has 0 aromatic heterocycles. The molecule has 0 nitrogen and oxygen atoms in total. The normalized spacial score (nSPS) is 40.8. The van der Waals surface area contributed by atoms with Crippen LogP contribution in [0.15, 0.2) is 42.5 Å². The summed E-state index contributed by atoms with van der Waals surface area (Å²) in [4.78, 5) is 0. The first-order chi connectivity index (χ1) is 10.9. The lowest BCUT2D eigenvalue weighted by molar-refractivity contribution is 0.0133. The van der Waals surface area contributed by atoms with Crippen molar-refractivity contribution in [3.8, 4) is 0 Å². The summed E-state index contributed by atoms with van der Waals surface area (Å²) in [5.74, 6) is 2.09. The lowest BCUT2D eigenvalue weighted by Gasteiger charge is -2.54. The topological polar surface area (TPSA) is 0 Å². The first kappa shape index (κ1) is 15.8. The van der Waals surface area contributed by atoms with Gasteiger partial charge in [0.2, 0.25) is 0 Å². The number of thioether (sulfide) groups is 1. The molecular weight excluding hydrogens is 296 g/mol. The van der Waals surface area contributed by atoms with Crippen LogP contribution in [-0.4, -0.2) is 5.25 Å². The van der Waals surface area contributed by atoms with E-state index >= 15 is 0 Å². The summed E-state index contributed by atoms with van der Waals surface area (Å²) >= 11 is 2.25. The highest BCUT2D eigenvalue weighted by atomic mass is 32.2. The van der Waals surface area contributed by atoms with Crippen LogP contribution in [-0.2, 0) is 5.75 Å². The van der Waals surface area contributed by atoms with E-state index in [9.17, 15) is 0 Å². The third-order valence-corrected chi connectivity index (χ3v) is 8.58. The van der Waals surface area contributed by atoms with Crippen molar-refractivity contribution < 1.29 is 0 Å². The summed E-state index contributed by atoms with van der Waals surface area (Å²) in [6.45, 7) is 7.60. The molecule has 0 radical (unpaired) electrons. The zero-order valence-corrected chi connectivity index (χ0v) is 15.7. The van der Waals surface area contributed by atoms with E-state index in [0.717, 1.165) is 11.2 Å². The minimum atomic E-state index is 0.473. The minimum Gasteiger partial charge on any atom is -0.153 e. The van der Waals surface area contributed by atoms with Gasteiger partial charge in [-0.3, -0.25) is 0 Å². The third-order valence-electron chi connectivity index (χ3n) is 7.04. The Morgan fingerprint density at radius 1 is 1.13 bits per heavy atom. The van der Waals surface area contributed by atoms with E-state index in [2.05, 4.69) is 75.0 Å². The Bertz CT molecular complexity index is 602. The zero-order valence-electron chi connectivity index (χ0n) is 14.8. The summed E-state index contributed by atoms with van der Waals surface area (Å²) < 4.78 is 0. The van der Waals surface area contributed by atoms with Crippen molar-refractivity contribution in [3.63, 3.8) is 0 Å². The molecule has 1 aromatic rings. The van der Waals surface area contributed by atoms with Crippen LogP contribution < -0.4 is 0 Å². The van der Waals surface area contributed by atoms with Gasteiger partial charge in [-0.2, -0.15) is 11.8 Å². The molecule has 0 heterocycles. The molecule has 3 aliphatic carbocycles. The van der Waals surface area contributed by atoms with Gasteiger partial charge in [-0.1, -0.05) is 63.3 Å². The van der Waals surface area contributed by atoms with Gasteiger partial charge in [-0.15, -0.1) is 0 Å². The molecule has 23 heavy (non-hydrogen) atoms. The van der Waals surface area contributed by atoms with Crippen LogP contribution >= 0.6 is 11.8 Å². The maximum atomic E-state index is 2.55. The Morgan fingerprint density at radius 3 is 2.70 bits per heavy atom. The second kappa shape index (κ2) is 5.41. The minimum absolute atomic E-state index is 0.473. The molecule has 4 rings (SSSR count). The summed E-state index contributed by atoms with van der Waals surface area (Å²) in [6, 6.07) is 11.1. The fourth-order valence-corrected chi connectivity index (χ4v) is 7.91. The Labute approximate surface area is 146 Å².